The molecule has 0 aliphatic carbocycles. The van der Waals surface area contributed by atoms with Gasteiger partial charge in [0.2, 0.25) is 0 Å². The van der Waals surface area contributed by atoms with Crippen molar-refractivity contribution < 1.29 is 4.74 Å². The van der Waals surface area contributed by atoms with E-state index in [0.29, 0.717) is 6.73 Å². The molecule has 0 bridgehead atoms. The lowest BCUT2D eigenvalue weighted by molar-refractivity contribution is 0.0816. The van der Waals surface area contributed by atoms with Crippen LogP contribution < -0.4 is 5.73 Å². The van der Waals surface area contributed by atoms with E-state index in [2.05, 4.69) is 37.8 Å². The maximum absolute atomic E-state index is 5.98. The van der Waals surface area contributed by atoms with Crippen molar-refractivity contribution in [2.75, 3.05) is 12.3 Å². The number of nitrogens with two attached hydrogens (primary N) is 1. The van der Waals surface area contributed by atoms with Crippen molar-refractivity contribution in [3.8, 4) is 0 Å². The molecule has 0 saturated carbocycles. The minimum Gasteiger partial charge on any atom is -0.399 e. The van der Waals surface area contributed by atoms with Gasteiger partial charge in [-0.1, -0.05) is 56.0 Å². The Morgan fingerprint density at radius 3 is 2.58 bits per heavy atom. The Balaban J connectivity index is 1.82. The lowest BCUT2D eigenvalue weighted by Crippen LogP contribution is -2.22. The van der Waals surface area contributed by atoms with Gasteiger partial charge in [-0.3, -0.25) is 0 Å². The number of hydrogen-bond donors (Lipinski definition) is 1. The van der Waals surface area contributed by atoms with Crippen LogP contribution >= 0.6 is 0 Å². The van der Waals surface area contributed by atoms with Crippen LogP contribution in [0.25, 0.3) is 23.1 Å². The van der Waals surface area contributed by atoms with Crippen molar-refractivity contribution in [1.29, 1.82) is 0 Å². The van der Waals surface area contributed by atoms with Gasteiger partial charge in [0.05, 0.1) is 11.2 Å². The summed E-state index contributed by atoms with van der Waals surface area (Å²) in [6, 6.07) is 17.3. The monoisotopic (exact) mass is 365 g/mol. The average Bonchev–Trinajstić information content (AvgIpc) is 2.94. The lowest BCUT2D eigenvalue weighted by atomic mass is 10.1. The standard InChI is InChI=1S/C21H27N3OSi/c1-26(2,3)14-13-25-16-24-21-15-18(22)10-11-19(21)20(23-24)12-9-17-7-5-4-6-8-17/h4-12,15H,13-14,16,22H2,1-3H3/b12-9+. The number of fused-ring (bicyclic) bond motifs is 1. The van der Waals surface area contributed by atoms with E-state index in [1.165, 1.54) is 0 Å². The zero-order valence-corrected chi connectivity index (χ0v) is 16.8. The molecule has 3 rings (SSSR count). The summed E-state index contributed by atoms with van der Waals surface area (Å²) in [7, 11) is -1.09. The minimum atomic E-state index is -1.09. The van der Waals surface area contributed by atoms with Gasteiger partial charge < -0.3 is 10.5 Å². The molecule has 0 fully saturated rings. The van der Waals surface area contributed by atoms with E-state index in [1.807, 2.05) is 47.2 Å². The molecule has 0 unspecified atom stereocenters. The summed E-state index contributed by atoms with van der Waals surface area (Å²) in [6.07, 6.45) is 4.13. The van der Waals surface area contributed by atoms with Gasteiger partial charge in [0, 0.05) is 25.8 Å². The summed E-state index contributed by atoms with van der Waals surface area (Å²) in [5.41, 5.74) is 9.80. The van der Waals surface area contributed by atoms with Crippen LogP contribution in [-0.4, -0.2) is 24.5 Å². The largest absolute Gasteiger partial charge is 0.399 e. The van der Waals surface area contributed by atoms with Gasteiger partial charge in [0.1, 0.15) is 6.73 Å². The third-order valence-corrected chi connectivity index (χ3v) is 5.95. The second-order valence-electron chi connectivity index (χ2n) is 7.75. The molecule has 0 saturated heterocycles. The van der Waals surface area contributed by atoms with Gasteiger partial charge in [0.25, 0.3) is 0 Å². The van der Waals surface area contributed by atoms with Gasteiger partial charge in [-0.25, -0.2) is 4.68 Å². The minimum absolute atomic E-state index is 0.448. The fraction of sp³-hybridized carbons (Fsp3) is 0.286. The zero-order chi connectivity index (χ0) is 18.6. The van der Waals surface area contributed by atoms with Crippen LogP contribution in [-0.2, 0) is 11.5 Å². The van der Waals surface area contributed by atoms with E-state index in [9.17, 15) is 0 Å². The lowest BCUT2D eigenvalue weighted by Gasteiger charge is -2.15. The van der Waals surface area contributed by atoms with Crippen LogP contribution in [0.5, 0.6) is 0 Å². The summed E-state index contributed by atoms with van der Waals surface area (Å²) < 4.78 is 7.79. The molecule has 1 aromatic heterocycles. The Labute approximate surface area is 156 Å². The molecule has 5 heteroatoms. The third kappa shape index (κ3) is 4.83. The van der Waals surface area contributed by atoms with Crippen molar-refractivity contribution >= 4 is 36.8 Å². The molecule has 0 amide bonds. The molecular weight excluding hydrogens is 338 g/mol. The fourth-order valence-electron chi connectivity index (χ4n) is 2.71. The molecule has 2 N–H and O–H groups in total. The first-order valence-electron chi connectivity index (χ1n) is 8.99. The second-order valence-corrected chi connectivity index (χ2v) is 13.4. The van der Waals surface area contributed by atoms with Crippen molar-refractivity contribution in [3.05, 3.63) is 59.8 Å². The SMILES string of the molecule is C[Si](C)(C)CCOCn1nc(/C=C/c2ccccc2)c2ccc(N)cc21. The van der Waals surface area contributed by atoms with Crippen LogP contribution in [0.3, 0.4) is 0 Å². The van der Waals surface area contributed by atoms with Gasteiger partial charge in [-0.2, -0.15) is 5.10 Å². The van der Waals surface area contributed by atoms with E-state index in [0.717, 1.165) is 40.5 Å². The van der Waals surface area contributed by atoms with Crippen LogP contribution in [0.15, 0.2) is 48.5 Å². The van der Waals surface area contributed by atoms with E-state index in [-0.39, 0.29) is 0 Å². The van der Waals surface area contributed by atoms with Crippen molar-refractivity contribution in [3.63, 3.8) is 0 Å². The maximum atomic E-state index is 5.98. The highest BCUT2D eigenvalue weighted by molar-refractivity contribution is 6.76. The Hall–Kier alpha value is -2.37. The van der Waals surface area contributed by atoms with Crippen molar-refractivity contribution in [2.45, 2.75) is 32.4 Å². The molecule has 3 aromatic rings. The molecule has 4 nitrogen and oxygen atoms in total. The summed E-state index contributed by atoms with van der Waals surface area (Å²) >= 11 is 0. The maximum Gasteiger partial charge on any atom is 0.140 e. The first-order chi connectivity index (χ1) is 12.4. The first kappa shape index (κ1) is 18.4. The van der Waals surface area contributed by atoms with Gasteiger partial charge in [0.15, 0.2) is 0 Å². The predicted octanol–water partition coefficient (Wildman–Crippen LogP) is 5.10. The molecular formula is C21H27N3OSi. The molecule has 0 atom stereocenters. The Morgan fingerprint density at radius 2 is 1.85 bits per heavy atom. The normalized spacial score (nSPS) is 12.3. The van der Waals surface area contributed by atoms with Crippen LogP contribution in [0.4, 0.5) is 5.69 Å². The smallest absolute Gasteiger partial charge is 0.140 e. The third-order valence-electron chi connectivity index (χ3n) is 4.25. The van der Waals surface area contributed by atoms with Crippen LogP contribution in [0, 0.1) is 0 Å². The number of aromatic nitrogens is 2. The van der Waals surface area contributed by atoms with E-state index in [4.69, 9.17) is 15.6 Å². The van der Waals surface area contributed by atoms with E-state index >= 15 is 0 Å². The predicted molar refractivity (Wildman–Crippen MR) is 114 cm³/mol. The van der Waals surface area contributed by atoms with Crippen molar-refractivity contribution in [2.24, 2.45) is 0 Å². The molecule has 136 valence electrons. The Bertz CT molecular complexity index is 895. The molecule has 1 heterocycles. The number of anilines is 1. The molecule has 0 aliphatic rings. The summed E-state index contributed by atoms with van der Waals surface area (Å²) in [4.78, 5) is 0. The van der Waals surface area contributed by atoms with Crippen LogP contribution in [0.1, 0.15) is 11.3 Å². The molecule has 0 spiro atoms. The molecule has 0 aliphatic heterocycles. The summed E-state index contributed by atoms with van der Waals surface area (Å²) in [5.74, 6) is 0. The van der Waals surface area contributed by atoms with Gasteiger partial charge >= 0.3 is 0 Å². The topological polar surface area (TPSA) is 53.1 Å². The molecule has 2 aromatic carbocycles. The first-order valence-corrected chi connectivity index (χ1v) is 12.7. The number of nitrogens with zero attached hydrogens (tertiary/aromatic N) is 2. The fourth-order valence-corrected chi connectivity index (χ4v) is 3.46. The number of ether oxygens (including phenoxy) is 1. The van der Waals surface area contributed by atoms with Crippen molar-refractivity contribution in [1.82, 2.24) is 9.78 Å². The highest BCUT2D eigenvalue weighted by atomic mass is 28.3. The summed E-state index contributed by atoms with van der Waals surface area (Å²) in [6.45, 7) is 8.28. The number of nitrogen functional groups attached to an aromatic ring is 1. The average molecular weight is 366 g/mol. The van der Waals surface area contributed by atoms with E-state index < -0.39 is 8.07 Å². The Kier molecular flexibility index (Phi) is 5.59. The zero-order valence-electron chi connectivity index (χ0n) is 15.8. The number of hydrogen-bond acceptors (Lipinski definition) is 3. The number of benzene rings is 2. The Morgan fingerprint density at radius 1 is 1.08 bits per heavy atom. The molecule has 26 heavy (non-hydrogen) atoms. The van der Waals surface area contributed by atoms with Gasteiger partial charge in [-0.05, 0) is 35.9 Å². The van der Waals surface area contributed by atoms with E-state index in [1.54, 1.807) is 0 Å². The van der Waals surface area contributed by atoms with Crippen LogP contribution in [0.2, 0.25) is 25.7 Å². The highest BCUT2D eigenvalue weighted by Crippen LogP contribution is 2.23. The van der Waals surface area contributed by atoms with Gasteiger partial charge in [-0.15, -0.1) is 0 Å². The highest BCUT2D eigenvalue weighted by Gasteiger charge is 2.13. The molecule has 0 radical (unpaired) electrons. The number of rotatable bonds is 7. The summed E-state index contributed by atoms with van der Waals surface area (Å²) in [5, 5.41) is 5.82. The quantitative estimate of drug-likeness (QED) is 0.360. The second kappa shape index (κ2) is 7.89.